The van der Waals surface area contributed by atoms with Gasteiger partial charge in [-0.1, -0.05) is 36.2 Å². The van der Waals surface area contributed by atoms with Gasteiger partial charge in [0.1, 0.15) is 0 Å². The predicted molar refractivity (Wildman–Crippen MR) is 87.9 cm³/mol. The van der Waals surface area contributed by atoms with E-state index in [9.17, 15) is 0 Å². The second kappa shape index (κ2) is 8.23. The molecule has 0 unspecified atom stereocenters. The minimum absolute atomic E-state index is 0.661. The van der Waals surface area contributed by atoms with Crippen molar-refractivity contribution < 1.29 is 0 Å². The number of hydrogen-bond donors (Lipinski definition) is 1. The van der Waals surface area contributed by atoms with E-state index in [1.54, 1.807) is 0 Å². The van der Waals surface area contributed by atoms with Crippen LogP contribution in [0, 0.1) is 0 Å². The Labute approximate surface area is 132 Å². The van der Waals surface area contributed by atoms with Crippen LogP contribution in [-0.4, -0.2) is 37.1 Å². The SMILES string of the molecule is CCCN1CCC(NCCc2ccc(Cl)cc2Cl)CC1. The van der Waals surface area contributed by atoms with Gasteiger partial charge in [0, 0.05) is 16.1 Å². The van der Waals surface area contributed by atoms with Gasteiger partial charge in [-0.25, -0.2) is 0 Å². The van der Waals surface area contributed by atoms with Crippen molar-refractivity contribution in [1.82, 2.24) is 10.2 Å². The highest BCUT2D eigenvalue weighted by Crippen LogP contribution is 2.21. The summed E-state index contributed by atoms with van der Waals surface area (Å²) >= 11 is 12.1. The minimum Gasteiger partial charge on any atom is -0.314 e. The highest BCUT2D eigenvalue weighted by atomic mass is 35.5. The Bertz CT molecular complexity index is 415. The Morgan fingerprint density at radius 2 is 2.00 bits per heavy atom. The molecule has 1 fully saturated rings. The number of nitrogens with zero attached hydrogens (tertiary/aromatic N) is 1. The summed E-state index contributed by atoms with van der Waals surface area (Å²) < 4.78 is 0. The Hall–Kier alpha value is -0.280. The van der Waals surface area contributed by atoms with Crippen LogP contribution in [0.2, 0.25) is 10.0 Å². The Morgan fingerprint density at radius 3 is 2.65 bits per heavy atom. The largest absolute Gasteiger partial charge is 0.314 e. The zero-order chi connectivity index (χ0) is 14.4. The van der Waals surface area contributed by atoms with Crippen LogP contribution in [0.1, 0.15) is 31.7 Å². The lowest BCUT2D eigenvalue weighted by Crippen LogP contribution is -2.43. The molecule has 1 saturated heterocycles. The molecule has 2 rings (SSSR count). The van der Waals surface area contributed by atoms with Gasteiger partial charge in [-0.05, 0) is 69.6 Å². The first kappa shape index (κ1) is 16.1. The molecule has 1 aliphatic rings. The van der Waals surface area contributed by atoms with Crippen LogP contribution in [0.3, 0.4) is 0 Å². The number of halogens is 2. The molecular weight excluding hydrogens is 291 g/mol. The molecule has 1 heterocycles. The molecule has 4 heteroatoms. The van der Waals surface area contributed by atoms with Crippen LogP contribution in [-0.2, 0) is 6.42 Å². The molecule has 0 aromatic heterocycles. The normalized spacial score (nSPS) is 17.6. The Balaban J connectivity index is 1.69. The van der Waals surface area contributed by atoms with Gasteiger partial charge >= 0.3 is 0 Å². The molecule has 0 saturated carbocycles. The molecule has 0 amide bonds. The summed E-state index contributed by atoms with van der Waals surface area (Å²) in [4.78, 5) is 2.56. The first-order valence-corrected chi connectivity index (χ1v) is 8.34. The summed E-state index contributed by atoms with van der Waals surface area (Å²) in [6.07, 6.45) is 4.74. The molecule has 1 aromatic rings. The fourth-order valence-electron chi connectivity index (χ4n) is 2.81. The molecule has 20 heavy (non-hydrogen) atoms. The summed E-state index contributed by atoms with van der Waals surface area (Å²) in [5.74, 6) is 0. The summed E-state index contributed by atoms with van der Waals surface area (Å²) in [5, 5.41) is 5.14. The van der Waals surface area contributed by atoms with E-state index in [-0.39, 0.29) is 0 Å². The quantitative estimate of drug-likeness (QED) is 0.853. The van der Waals surface area contributed by atoms with Crippen LogP contribution in [0.5, 0.6) is 0 Å². The number of hydrogen-bond acceptors (Lipinski definition) is 2. The van der Waals surface area contributed by atoms with E-state index in [0.717, 1.165) is 18.0 Å². The van der Waals surface area contributed by atoms with E-state index in [1.807, 2.05) is 18.2 Å². The van der Waals surface area contributed by atoms with Gasteiger partial charge in [-0.2, -0.15) is 0 Å². The maximum atomic E-state index is 6.19. The topological polar surface area (TPSA) is 15.3 Å². The fourth-order valence-corrected chi connectivity index (χ4v) is 3.32. The second-order valence-corrected chi connectivity index (χ2v) is 6.40. The number of nitrogens with one attached hydrogen (secondary N) is 1. The maximum Gasteiger partial charge on any atom is 0.0453 e. The average Bonchev–Trinajstić information content (AvgIpc) is 2.43. The standard InChI is InChI=1S/C16H24Cl2N2/c1-2-9-20-10-6-15(7-11-20)19-8-5-13-3-4-14(17)12-16(13)18/h3-4,12,15,19H,2,5-11H2,1H3. The lowest BCUT2D eigenvalue weighted by molar-refractivity contribution is 0.198. The first-order chi connectivity index (χ1) is 9.69. The summed E-state index contributed by atoms with van der Waals surface area (Å²) in [7, 11) is 0. The zero-order valence-corrected chi connectivity index (χ0v) is 13.7. The molecule has 112 valence electrons. The van der Waals surface area contributed by atoms with Crippen molar-refractivity contribution in [1.29, 1.82) is 0 Å². The van der Waals surface area contributed by atoms with Gasteiger partial charge in [0.05, 0.1) is 0 Å². The number of benzene rings is 1. The van der Waals surface area contributed by atoms with Gasteiger partial charge in [-0.15, -0.1) is 0 Å². The number of piperidine rings is 1. The highest BCUT2D eigenvalue weighted by Gasteiger charge is 2.17. The summed E-state index contributed by atoms with van der Waals surface area (Å²) in [6.45, 7) is 6.94. The predicted octanol–water partition coefficient (Wildman–Crippen LogP) is 4.00. The van der Waals surface area contributed by atoms with Crippen LogP contribution < -0.4 is 5.32 Å². The molecule has 0 aliphatic carbocycles. The lowest BCUT2D eigenvalue weighted by atomic mass is 10.0. The molecule has 0 radical (unpaired) electrons. The van der Waals surface area contributed by atoms with Gasteiger partial charge in [-0.3, -0.25) is 0 Å². The molecule has 0 spiro atoms. The summed E-state index contributed by atoms with van der Waals surface area (Å²) in [5.41, 5.74) is 1.17. The van der Waals surface area contributed by atoms with Crippen molar-refractivity contribution in [2.24, 2.45) is 0 Å². The van der Waals surface area contributed by atoms with Crippen molar-refractivity contribution in [3.05, 3.63) is 33.8 Å². The molecule has 1 aromatic carbocycles. The first-order valence-electron chi connectivity index (χ1n) is 7.58. The van der Waals surface area contributed by atoms with Crippen LogP contribution in [0.15, 0.2) is 18.2 Å². The fraction of sp³-hybridized carbons (Fsp3) is 0.625. The van der Waals surface area contributed by atoms with Crippen LogP contribution >= 0.6 is 23.2 Å². The van der Waals surface area contributed by atoms with Crippen LogP contribution in [0.4, 0.5) is 0 Å². The van der Waals surface area contributed by atoms with Crippen molar-refractivity contribution in [2.75, 3.05) is 26.2 Å². The lowest BCUT2D eigenvalue weighted by Gasteiger charge is -2.32. The summed E-state index contributed by atoms with van der Waals surface area (Å²) in [6, 6.07) is 6.42. The third-order valence-electron chi connectivity index (χ3n) is 3.97. The van der Waals surface area contributed by atoms with Gasteiger partial charge in [0.2, 0.25) is 0 Å². The second-order valence-electron chi connectivity index (χ2n) is 5.56. The van der Waals surface area contributed by atoms with Gasteiger partial charge < -0.3 is 10.2 Å². The van der Waals surface area contributed by atoms with Crippen molar-refractivity contribution in [3.63, 3.8) is 0 Å². The van der Waals surface area contributed by atoms with E-state index < -0.39 is 0 Å². The molecule has 0 atom stereocenters. The minimum atomic E-state index is 0.661. The maximum absolute atomic E-state index is 6.19. The van der Waals surface area contributed by atoms with Crippen LogP contribution in [0.25, 0.3) is 0 Å². The van der Waals surface area contributed by atoms with E-state index in [4.69, 9.17) is 23.2 Å². The average molecular weight is 315 g/mol. The molecule has 2 nitrogen and oxygen atoms in total. The van der Waals surface area contributed by atoms with Crippen molar-refractivity contribution in [3.8, 4) is 0 Å². The van der Waals surface area contributed by atoms with E-state index >= 15 is 0 Å². The van der Waals surface area contributed by atoms with Gasteiger partial charge in [0.15, 0.2) is 0 Å². The Kier molecular flexibility index (Phi) is 6.63. The number of likely N-dealkylation sites (tertiary alicyclic amines) is 1. The van der Waals surface area contributed by atoms with Crippen molar-refractivity contribution >= 4 is 23.2 Å². The zero-order valence-electron chi connectivity index (χ0n) is 12.2. The molecule has 0 bridgehead atoms. The van der Waals surface area contributed by atoms with E-state index in [1.165, 1.54) is 44.5 Å². The number of rotatable bonds is 6. The highest BCUT2D eigenvalue weighted by molar-refractivity contribution is 6.35. The molecule has 1 aliphatic heterocycles. The Morgan fingerprint density at radius 1 is 1.25 bits per heavy atom. The molecular formula is C16H24Cl2N2. The van der Waals surface area contributed by atoms with Crippen molar-refractivity contribution in [2.45, 2.75) is 38.6 Å². The third kappa shape index (κ3) is 4.92. The third-order valence-corrected chi connectivity index (χ3v) is 4.56. The smallest absolute Gasteiger partial charge is 0.0453 e. The monoisotopic (exact) mass is 314 g/mol. The van der Waals surface area contributed by atoms with E-state index in [2.05, 4.69) is 17.1 Å². The molecule has 1 N–H and O–H groups in total. The van der Waals surface area contributed by atoms with Gasteiger partial charge in [0.25, 0.3) is 0 Å². The van der Waals surface area contributed by atoms with E-state index in [0.29, 0.717) is 11.1 Å².